The molecule has 0 unspecified atom stereocenters. The molecule has 2 rings (SSSR count). The van der Waals surface area contributed by atoms with Crippen molar-refractivity contribution in [2.24, 2.45) is 5.92 Å². The molecule has 2 N–H and O–H groups in total. The number of carbonyl (C=O) groups excluding carboxylic acids is 3. The van der Waals surface area contributed by atoms with Crippen LogP contribution in [0.1, 0.15) is 33.4 Å². The molecule has 0 aromatic carbocycles. The number of rotatable bonds is 6. The molecule has 2 amide bonds. The first-order valence-corrected chi connectivity index (χ1v) is 9.32. The van der Waals surface area contributed by atoms with Crippen molar-refractivity contribution in [2.75, 3.05) is 19.0 Å². The van der Waals surface area contributed by atoms with Crippen LogP contribution in [0.4, 0.5) is 5.00 Å². The lowest BCUT2D eigenvalue weighted by Crippen LogP contribution is -2.38. The van der Waals surface area contributed by atoms with Gasteiger partial charge in [-0.15, -0.1) is 11.3 Å². The van der Waals surface area contributed by atoms with Crippen molar-refractivity contribution in [3.8, 4) is 0 Å². The van der Waals surface area contributed by atoms with Gasteiger partial charge >= 0.3 is 17.8 Å². The summed E-state index contributed by atoms with van der Waals surface area (Å²) >= 11 is 1.23. The van der Waals surface area contributed by atoms with Crippen LogP contribution in [-0.2, 0) is 20.9 Å². The predicted molar refractivity (Wildman–Crippen MR) is 103 cm³/mol. The van der Waals surface area contributed by atoms with Crippen LogP contribution in [0, 0.1) is 26.7 Å². The Morgan fingerprint density at radius 2 is 1.96 bits per heavy atom. The van der Waals surface area contributed by atoms with Crippen LogP contribution < -0.4 is 10.6 Å². The summed E-state index contributed by atoms with van der Waals surface area (Å²) in [6.45, 7) is 8.43. The number of carbonyl (C=O) groups is 3. The molecule has 0 aliphatic carbocycles. The van der Waals surface area contributed by atoms with Gasteiger partial charge in [0.15, 0.2) is 0 Å². The molecule has 0 aliphatic heterocycles. The van der Waals surface area contributed by atoms with Gasteiger partial charge in [0.2, 0.25) is 0 Å². The minimum atomic E-state index is -0.816. The molecule has 27 heavy (non-hydrogen) atoms. The third-order valence-corrected chi connectivity index (χ3v) is 5.21. The molecule has 0 bridgehead atoms. The monoisotopic (exact) mass is 392 g/mol. The number of amides is 2. The van der Waals surface area contributed by atoms with E-state index in [4.69, 9.17) is 4.74 Å². The number of aryl methyl sites for hydroxylation is 2. The lowest BCUT2D eigenvalue weighted by atomic mass is 10.1. The van der Waals surface area contributed by atoms with E-state index < -0.39 is 17.8 Å². The van der Waals surface area contributed by atoms with Crippen LogP contribution in [-0.4, -0.2) is 41.2 Å². The smallest absolute Gasteiger partial charge is 0.341 e. The molecular formula is C18H24N4O4S. The van der Waals surface area contributed by atoms with Crippen molar-refractivity contribution >= 4 is 34.1 Å². The fraction of sp³-hybridized carbons (Fsp3) is 0.444. The van der Waals surface area contributed by atoms with Gasteiger partial charge in [-0.2, -0.15) is 5.10 Å². The van der Waals surface area contributed by atoms with E-state index in [1.807, 2.05) is 33.0 Å². The SMILES string of the molecule is COC(=O)c1c(NC(=O)C(=O)NC[C@@H](C)Cn2ccc(C)n2)sc(C)c1C. The minimum Gasteiger partial charge on any atom is -0.465 e. The average Bonchev–Trinajstić information content (AvgIpc) is 3.15. The van der Waals surface area contributed by atoms with Crippen LogP contribution >= 0.6 is 11.3 Å². The van der Waals surface area contributed by atoms with E-state index in [0.717, 1.165) is 16.1 Å². The number of esters is 1. The fourth-order valence-corrected chi connectivity index (χ4v) is 3.56. The van der Waals surface area contributed by atoms with Crippen molar-refractivity contribution in [2.45, 2.75) is 34.2 Å². The maximum Gasteiger partial charge on any atom is 0.341 e. The highest BCUT2D eigenvalue weighted by molar-refractivity contribution is 7.17. The fourth-order valence-electron chi connectivity index (χ4n) is 2.52. The van der Waals surface area contributed by atoms with E-state index in [9.17, 15) is 14.4 Å². The van der Waals surface area contributed by atoms with E-state index in [1.165, 1.54) is 18.4 Å². The van der Waals surface area contributed by atoms with E-state index in [2.05, 4.69) is 15.7 Å². The molecule has 2 aromatic heterocycles. The minimum absolute atomic E-state index is 0.0953. The van der Waals surface area contributed by atoms with Gasteiger partial charge in [-0.3, -0.25) is 14.3 Å². The Bertz CT molecular complexity index is 856. The van der Waals surface area contributed by atoms with Crippen molar-refractivity contribution in [1.82, 2.24) is 15.1 Å². The summed E-state index contributed by atoms with van der Waals surface area (Å²) in [5.74, 6) is -2.02. The third kappa shape index (κ3) is 5.16. The molecule has 0 fully saturated rings. The van der Waals surface area contributed by atoms with Gasteiger partial charge in [0.1, 0.15) is 5.00 Å². The number of anilines is 1. The van der Waals surface area contributed by atoms with Crippen molar-refractivity contribution in [1.29, 1.82) is 0 Å². The largest absolute Gasteiger partial charge is 0.465 e. The van der Waals surface area contributed by atoms with Gasteiger partial charge in [0.05, 0.1) is 18.4 Å². The van der Waals surface area contributed by atoms with Gasteiger partial charge in [-0.1, -0.05) is 6.92 Å². The van der Waals surface area contributed by atoms with Gasteiger partial charge in [-0.05, 0) is 38.3 Å². The topological polar surface area (TPSA) is 102 Å². The molecule has 1 atom stereocenters. The van der Waals surface area contributed by atoms with Gasteiger partial charge in [-0.25, -0.2) is 4.79 Å². The van der Waals surface area contributed by atoms with E-state index >= 15 is 0 Å². The van der Waals surface area contributed by atoms with Crippen LogP contribution in [0.5, 0.6) is 0 Å². The lowest BCUT2D eigenvalue weighted by molar-refractivity contribution is -0.136. The normalized spacial score (nSPS) is 11.7. The number of aromatic nitrogens is 2. The Balaban J connectivity index is 1.93. The van der Waals surface area contributed by atoms with Crippen LogP contribution in [0.2, 0.25) is 0 Å². The number of thiophene rings is 1. The highest BCUT2D eigenvalue weighted by Crippen LogP contribution is 2.32. The Morgan fingerprint density at radius 1 is 1.26 bits per heavy atom. The van der Waals surface area contributed by atoms with Crippen LogP contribution in [0.25, 0.3) is 0 Å². The van der Waals surface area contributed by atoms with E-state index in [0.29, 0.717) is 18.1 Å². The number of methoxy groups -OCH3 is 1. The van der Waals surface area contributed by atoms with Crippen molar-refractivity contribution in [3.05, 3.63) is 34.0 Å². The summed E-state index contributed by atoms with van der Waals surface area (Å²) in [4.78, 5) is 37.1. The zero-order valence-electron chi connectivity index (χ0n) is 16.1. The maximum atomic E-state index is 12.2. The molecule has 2 heterocycles. The third-order valence-electron chi connectivity index (χ3n) is 4.09. The predicted octanol–water partition coefficient (Wildman–Crippen LogP) is 2.05. The van der Waals surface area contributed by atoms with Crippen LogP contribution in [0.15, 0.2) is 12.3 Å². The van der Waals surface area contributed by atoms with Crippen molar-refractivity contribution < 1.29 is 19.1 Å². The number of ether oxygens (including phenoxy) is 1. The first-order valence-electron chi connectivity index (χ1n) is 8.50. The first kappa shape index (κ1) is 20.6. The Morgan fingerprint density at radius 3 is 2.56 bits per heavy atom. The second-order valence-corrected chi connectivity index (χ2v) is 7.65. The molecule has 0 saturated carbocycles. The Hall–Kier alpha value is -2.68. The number of hydrogen-bond donors (Lipinski definition) is 2. The molecule has 0 saturated heterocycles. The molecule has 2 aromatic rings. The lowest BCUT2D eigenvalue weighted by Gasteiger charge is -2.12. The Labute approximate surface area is 161 Å². The summed E-state index contributed by atoms with van der Waals surface area (Å²) < 4.78 is 6.56. The molecule has 0 aliphatic rings. The maximum absolute atomic E-state index is 12.2. The summed E-state index contributed by atoms with van der Waals surface area (Å²) in [5, 5.41) is 9.74. The highest BCUT2D eigenvalue weighted by atomic mass is 32.1. The van der Waals surface area contributed by atoms with E-state index in [1.54, 1.807) is 11.6 Å². The molecular weight excluding hydrogens is 368 g/mol. The summed E-state index contributed by atoms with van der Waals surface area (Å²) in [7, 11) is 1.27. The van der Waals surface area contributed by atoms with Crippen molar-refractivity contribution in [3.63, 3.8) is 0 Å². The Kier molecular flexibility index (Phi) is 6.73. The second kappa shape index (κ2) is 8.81. The highest BCUT2D eigenvalue weighted by Gasteiger charge is 2.24. The van der Waals surface area contributed by atoms with Crippen LogP contribution in [0.3, 0.4) is 0 Å². The molecule has 9 heteroatoms. The molecule has 146 valence electrons. The number of nitrogens with zero attached hydrogens (tertiary/aromatic N) is 2. The second-order valence-electron chi connectivity index (χ2n) is 6.43. The standard InChI is InChI=1S/C18H24N4O4S/c1-10(9-22-7-6-11(2)21-22)8-19-15(23)16(24)20-17-14(18(25)26-5)12(3)13(4)27-17/h6-7,10H,8-9H2,1-5H3,(H,19,23)(H,20,24)/t10-/m1/s1. The summed E-state index contributed by atoms with van der Waals surface area (Å²) in [6.07, 6.45) is 1.87. The zero-order valence-corrected chi connectivity index (χ0v) is 16.9. The first-order chi connectivity index (χ1) is 12.7. The number of hydrogen-bond acceptors (Lipinski definition) is 6. The summed E-state index contributed by atoms with van der Waals surface area (Å²) in [5.41, 5.74) is 1.93. The molecule has 0 spiro atoms. The van der Waals surface area contributed by atoms with Gasteiger partial charge in [0, 0.05) is 24.2 Å². The summed E-state index contributed by atoms with van der Waals surface area (Å²) in [6, 6.07) is 1.91. The zero-order chi connectivity index (χ0) is 20.1. The quantitative estimate of drug-likeness (QED) is 0.579. The number of nitrogens with one attached hydrogen (secondary N) is 2. The van der Waals surface area contributed by atoms with Gasteiger partial charge < -0.3 is 15.4 Å². The average molecular weight is 392 g/mol. The van der Waals surface area contributed by atoms with E-state index in [-0.39, 0.29) is 11.5 Å². The van der Waals surface area contributed by atoms with Gasteiger partial charge in [0.25, 0.3) is 0 Å². The molecule has 0 radical (unpaired) electrons. The molecule has 8 nitrogen and oxygen atoms in total.